The molecule has 0 spiro atoms. The van der Waals surface area contributed by atoms with Crippen molar-refractivity contribution in [2.75, 3.05) is 6.54 Å². The molecule has 0 atom stereocenters. The van der Waals surface area contributed by atoms with Crippen LogP contribution in [0.25, 0.3) is 0 Å². The average molecular weight is 501 g/mol. The van der Waals surface area contributed by atoms with Crippen molar-refractivity contribution in [1.82, 2.24) is 4.72 Å². The molecule has 0 unspecified atom stereocenters. The molecule has 0 saturated heterocycles. The predicted molar refractivity (Wildman–Crippen MR) is 148 cm³/mol. The van der Waals surface area contributed by atoms with E-state index in [2.05, 4.69) is 47.7 Å². The van der Waals surface area contributed by atoms with Gasteiger partial charge in [-0.3, -0.25) is 4.74 Å². The highest BCUT2D eigenvalue weighted by Gasteiger charge is 2.29. The van der Waals surface area contributed by atoms with Crippen LogP contribution in [-0.2, 0) is 10.0 Å². The first-order valence-electron chi connectivity index (χ1n) is 11.6. The molecule has 0 aliphatic heterocycles. The maximum atomic E-state index is 13.3. The number of hydrogen-bond acceptors (Lipinski definition) is 3. The lowest BCUT2D eigenvalue weighted by Gasteiger charge is -2.27. The minimum absolute atomic E-state index is 0.186. The largest absolute Gasteiger partial charge is 0.252 e. The van der Waals surface area contributed by atoms with Crippen molar-refractivity contribution < 1.29 is 8.42 Å². The second kappa shape index (κ2) is 11.5. The van der Waals surface area contributed by atoms with Crippen molar-refractivity contribution in [2.24, 2.45) is 4.74 Å². The summed E-state index contributed by atoms with van der Waals surface area (Å²) in [5.41, 5.74) is 0.452. The Morgan fingerprint density at radius 3 is 1.66 bits per heavy atom. The summed E-state index contributed by atoms with van der Waals surface area (Å²) in [7, 11) is -6.34. The van der Waals surface area contributed by atoms with Crippen molar-refractivity contribution >= 4 is 38.7 Å². The average Bonchev–Trinajstić information content (AvgIpc) is 2.91. The van der Waals surface area contributed by atoms with Gasteiger partial charge in [0.1, 0.15) is 4.90 Å². The Bertz CT molecular complexity index is 1320. The van der Waals surface area contributed by atoms with Crippen LogP contribution in [0.3, 0.4) is 0 Å². The van der Waals surface area contributed by atoms with Crippen molar-refractivity contribution in [3.8, 4) is 0 Å². The number of nitrogens with one attached hydrogen (secondary N) is 1. The zero-order valence-electron chi connectivity index (χ0n) is 19.5. The van der Waals surface area contributed by atoms with Crippen LogP contribution < -0.4 is 20.6 Å². The summed E-state index contributed by atoms with van der Waals surface area (Å²) in [6.45, 7) is 4.05. The van der Waals surface area contributed by atoms with E-state index in [9.17, 15) is 8.42 Å². The number of benzene rings is 4. The van der Waals surface area contributed by atoms with Crippen LogP contribution in [0.2, 0.25) is 0 Å². The topological polar surface area (TPSA) is 58.5 Å². The van der Waals surface area contributed by atoms with Crippen LogP contribution in [0.4, 0.5) is 5.69 Å². The number of unbranched alkanes of at least 4 members (excludes halogenated alkanes) is 1. The van der Waals surface area contributed by atoms with E-state index < -0.39 is 17.1 Å². The number of rotatable bonds is 10. The molecule has 0 fully saturated rings. The second-order valence-corrected chi connectivity index (χ2v) is 12.8. The Balaban J connectivity index is 2.00. The van der Waals surface area contributed by atoms with E-state index in [4.69, 9.17) is 4.74 Å². The molecule has 4 aromatic carbocycles. The van der Waals surface area contributed by atoms with Gasteiger partial charge in [-0.05, 0) is 25.0 Å². The summed E-state index contributed by atoms with van der Waals surface area (Å²) in [5.74, 6) is 0. The second-order valence-electron chi connectivity index (χ2n) is 8.04. The molecular formula is C29H29N2O2PS. The van der Waals surface area contributed by atoms with Crippen LogP contribution in [0.5, 0.6) is 0 Å². The standard InChI is InChI=1S/C29H29N2O2PS/c1-2-3-15-24-30-35(32,33)29-23-14-13-22-28(29)31-34(25-16-7-4-8-17-25,26-18-9-5-10-19-26)27-20-11-6-12-21-27/h2,4-14,16-23,30H,1,3,15,24H2. The van der Waals surface area contributed by atoms with E-state index in [-0.39, 0.29) is 4.90 Å². The molecule has 0 aromatic heterocycles. The highest BCUT2D eigenvalue weighted by atomic mass is 32.2. The third-order valence-electron chi connectivity index (χ3n) is 5.68. The molecule has 0 bridgehead atoms. The fourth-order valence-corrected chi connectivity index (χ4v) is 8.84. The molecule has 0 aliphatic carbocycles. The fourth-order valence-electron chi connectivity index (χ4n) is 4.01. The summed E-state index contributed by atoms with van der Waals surface area (Å²) in [6, 6.07) is 37.5. The third-order valence-corrected chi connectivity index (χ3v) is 10.8. The fraction of sp³-hybridized carbons (Fsp3) is 0.103. The summed E-state index contributed by atoms with van der Waals surface area (Å²) in [6.07, 6.45) is 3.23. The van der Waals surface area contributed by atoms with Gasteiger partial charge in [-0.25, -0.2) is 13.1 Å². The lowest BCUT2D eigenvalue weighted by atomic mass is 10.3. The molecule has 6 heteroatoms. The van der Waals surface area contributed by atoms with Gasteiger partial charge < -0.3 is 0 Å². The molecule has 0 heterocycles. The number of allylic oxidation sites excluding steroid dienone is 1. The van der Waals surface area contributed by atoms with Crippen molar-refractivity contribution in [2.45, 2.75) is 17.7 Å². The molecule has 4 rings (SSSR count). The van der Waals surface area contributed by atoms with Gasteiger partial charge in [0.05, 0.1) is 12.7 Å². The maximum absolute atomic E-state index is 13.3. The smallest absolute Gasteiger partial charge is 0.242 e. The Morgan fingerprint density at radius 2 is 1.17 bits per heavy atom. The summed E-state index contributed by atoms with van der Waals surface area (Å²) in [5, 5.41) is 3.18. The van der Waals surface area contributed by atoms with Gasteiger partial charge in [-0.1, -0.05) is 109 Å². The van der Waals surface area contributed by atoms with Gasteiger partial charge in [-0.15, -0.1) is 6.58 Å². The highest BCUT2D eigenvalue weighted by molar-refractivity contribution is 7.90. The summed E-state index contributed by atoms with van der Waals surface area (Å²) >= 11 is 0. The van der Waals surface area contributed by atoms with Gasteiger partial charge in [0, 0.05) is 22.5 Å². The molecule has 0 aliphatic rings. The van der Waals surface area contributed by atoms with Gasteiger partial charge in [-0.2, -0.15) is 0 Å². The van der Waals surface area contributed by atoms with E-state index >= 15 is 0 Å². The minimum Gasteiger partial charge on any atom is -0.252 e. The number of nitrogens with zero attached hydrogens (tertiary/aromatic N) is 1. The summed E-state index contributed by atoms with van der Waals surface area (Å²) < 4.78 is 34.8. The molecule has 1 N–H and O–H groups in total. The lowest BCUT2D eigenvalue weighted by Crippen LogP contribution is -2.26. The first-order chi connectivity index (χ1) is 17.1. The first-order valence-corrected chi connectivity index (χ1v) is 14.8. The van der Waals surface area contributed by atoms with Crippen LogP contribution in [-0.4, -0.2) is 15.0 Å². The molecule has 35 heavy (non-hydrogen) atoms. The molecule has 4 aromatic rings. The van der Waals surface area contributed by atoms with Crippen molar-refractivity contribution in [3.05, 3.63) is 128 Å². The number of sulfonamides is 1. The Labute approximate surface area is 208 Å². The Kier molecular flexibility index (Phi) is 8.14. The summed E-state index contributed by atoms with van der Waals surface area (Å²) in [4.78, 5) is 0.186. The maximum Gasteiger partial charge on any atom is 0.242 e. The Morgan fingerprint density at radius 1 is 0.714 bits per heavy atom. The van der Waals surface area contributed by atoms with Gasteiger partial charge in [0.15, 0.2) is 0 Å². The molecular weight excluding hydrogens is 471 g/mol. The Hall–Kier alpha value is -3.24. The van der Waals surface area contributed by atoms with Gasteiger partial charge in [0.25, 0.3) is 0 Å². The van der Waals surface area contributed by atoms with Crippen molar-refractivity contribution in [3.63, 3.8) is 0 Å². The molecule has 0 amide bonds. The molecule has 0 radical (unpaired) electrons. The molecule has 0 saturated carbocycles. The van der Waals surface area contributed by atoms with Gasteiger partial charge in [0.2, 0.25) is 10.0 Å². The van der Waals surface area contributed by atoms with Crippen LogP contribution in [0, 0.1) is 0 Å². The highest BCUT2D eigenvalue weighted by Crippen LogP contribution is 2.50. The van der Waals surface area contributed by atoms with E-state index in [0.717, 1.165) is 22.3 Å². The minimum atomic E-state index is -3.75. The zero-order valence-corrected chi connectivity index (χ0v) is 21.2. The van der Waals surface area contributed by atoms with Gasteiger partial charge >= 0.3 is 0 Å². The SMILES string of the molecule is C=CCCCNS(=O)(=O)c1ccccc1N=P(c1ccccc1)(c1ccccc1)c1ccccc1. The van der Waals surface area contributed by atoms with Crippen LogP contribution in [0.15, 0.2) is 138 Å². The molecule has 4 nitrogen and oxygen atoms in total. The van der Waals surface area contributed by atoms with Crippen LogP contribution >= 0.6 is 7.05 Å². The van der Waals surface area contributed by atoms with Crippen molar-refractivity contribution in [1.29, 1.82) is 0 Å². The van der Waals surface area contributed by atoms with E-state index in [0.29, 0.717) is 18.7 Å². The van der Waals surface area contributed by atoms with E-state index in [1.165, 1.54) is 0 Å². The van der Waals surface area contributed by atoms with E-state index in [1.807, 2.05) is 60.7 Å². The monoisotopic (exact) mass is 500 g/mol. The van der Waals surface area contributed by atoms with E-state index in [1.54, 1.807) is 24.3 Å². The third kappa shape index (κ3) is 5.54. The predicted octanol–water partition coefficient (Wildman–Crippen LogP) is 5.74. The number of hydrogen-bond donors (Lipinski definition) is 1. The normalized spacial score (nSPS) is 11.7. The van der Waals surface area contributed by atoms with Crippen LogP contribution in [0.1, 0.15) is 12.8 Å². The zero-order chi connectivity index (χ0) is 24.6. The lowest BCUT2D eigenvalue weighted by molar-refractivity contribution is 0.579. The first kappa shape index (κ1) is 24.9. The molecule has 178 valence electrons. The quantitative estimate of drug-likeness (QED) is 0.172.